The van der Waals surface area contributed by atoms with Crippen molar-refractivity contribution < 1.29 is 49.0 Å². The molecule has 1 aliphatic carbocycles. The normalized spacial score (nSPS) is 12.5. The van der Waals surface area contributed by atoms with Gasteiger partial charge in [0.2, 0.25) is 0 Å². The molecule has 0 radical (unpaired) electrons. The molecule has 6 rings (SSSR count). The van der Waals surface area contributed by atoms with Gasteiger partial charge in [-0.15, -0.1) is 16.7 Å². The molecule has 0 fully saturated rings. The average molecular weight is 964 g/mol. The van der Waals surface area contributed by atoms with Crippen molar-refractivity contribution in [3.05, 3.63) is 157 Å². The van der Waals surface area contributed by atoms with Crippen molar-refractivity contribution in [3.8, 4) is 11.1 Å². The number of fused-ring (bicyclic) bond motifs is 3. The fraction of sp³-hybridized carbons (Fsp3) is 0.455. The Balaban J connectivity index is 0.000000338. The van der Waals surface area contributed by atoms with Crippen LogP contribution in [0.5, 0.6) is 0 Å². The number of hydrogen-bond donors (Lipinski definition) is 0. The van der Waals surface area contributed by atoms with Gasteiger partial charge in [0.05, 0.1) is 0 Å². The van der Waals surface area contributed by atoms with Crippen LogP contribution in [-0.4, -0.2) is 3.21 Å². The van der Waals surface area contributed by atoms with Crippen molar-refractivity contribution in [2.45, 2.75) is 164 Å². The van der Waals surface area contributed by atoms with E-state index in [1.165, 1.54) is 102 Å². The van der Waals surface area contributed by atoms with E-state index in [4.69, 9.17) is 23.2 Å². The summed E-state index contributed by atoms with van der Waals surface area (Å²) in [5.41, 5.74) is 17.6. The maximum absolute atomic E-state index is 5.98. The predicted octanol–water partition coefficient (Wildman–Crippen LogP) is 10.4. The Bertz CT molecular complexity index is 2070. The third kappa shape index (κ3) is 14.3. The minimum absolute atomic E-state index is 0. The maximum atomic E-state index is 5.98. The molecule has 0 heterocycles. The predicted molar refractivity (Wildman–Crippen MR) is 254 cm³/mol. The molecule has 5 aromatic rings. The first kappa shape index (κ1) is 54.3. The van der Waals surface area contributed by atoms with Crippen LogP contribution in [0.15, 0.2) is 84.9 Å². The van der Waals surface area contributed by atoms with E-state index in [1.807, 2.05) is 36.4 Å². The second kappa shape index (κ2) is 21.2. The van der Waals surface area contributed by atoms with Crippen LogP contribution in [-0.2, 0) is 64.2 Å². The topological polar surface area (TPSA) is 0 Å². The first-order chi connectivity index (χ1) is 26.6. The molecule has 0 amide bonds. The molecular weight excluding hydrogens is 894 g/mol. The summed E-state index contributed by atoms with van der Waals surface area (Å²) in [6.45, 7) is 37.0. The Hall–Kier alpha value is -1.86. The zero-order valence-electron chi connectivity index (χ0n) is 39.4. The molecule has 5 aromatic carbocycles. The quantitative estimate of drug-likeness (QED) is 0.151. The number of unbranched alkanes of at least 4 members (excludes halogenated alkanes) is 1. The van der Waals surface area contributed by atoms with E-state index >= 15 is 0 Å². The zero-order valence-corrected chi connectivity index (χ0v) is 44.9. The van der Waals surface area contributed by atoms with Crippen LogP contribution in [0.25, 0.3) is 11.1 Å². The number of aryl methyl sites for hydroxylation is 1. The van der Waals surface area contributed by atoms with Gasteiger partial charge in [0.15, 0.2) is 0 Å². The molecule has 0 unspecified atom stereocenters. The molecule has 0 saturated carbocycles. The number of rotatable bonds is 5. The monoisotopic (exact) mass is 960 g/mol. The molecule has 60 heavy (non-hydrogen) atoms. The third-order valence-corrected chi connectivity index (χ3v) is 12.9. The fourth-order valence-electron chi connectivity index (χ4n) is 7.58. The van der Waals surface area contributed by atoms with Gasteiger partial charge in [-0.25, -0.2) is 6.07 Å². The van der Waals surface area contributed by atoms with Crippen molar-refractivity contribution >= 4 is 26.4 Å². The Labute approximate surface area is 403 Å². The maximum Gasteiger partial charge on any atom is -1.00 e. The van der Waals surface area contributed by atoms with E-state index in [1.54, 1.807) is 0 Å². The minimum atomic E-state index is 0. The second-order valence-corrected chi connectivity index (χ2v) is 23.5. The Morgan fingerprint density at radius 2 is 1.10 bits per heavy atom. The standard InChI is InChI=1S/C29H41.C13H8Cl2.C13H21.2ClH.Zr/c1-26(2,3)22-14-18-13-19-15-23(27(4,5)6)25(29(10,11)12)17-21(19)20(18)16-24(22)28(7,8)9;14-12-5-1-3-10(8-12)7-11-4-2-6-13(15)9-11;1-5-6-7-11-8-9-12(10-11)13(2,3)4;;;/h14,16-17H,13H2,1-12H3;1-6,8-9H;8-10H,5-7H2,1-4H3;2*1H;/q-1;;-1;;;+2/p-2. The van der Waals surface area contributed by atoms with E-state index in [0.717, 1.165) is 27.6 Å². The largest absolute Gasteiger partial charge is 1.00 e. The van der Waals surface area contributed by atoms with Gasteiger partial charge >= 0.3 is 120 Å². The van der Waals surface area contributed by atoms with Gasteiger partial charge < -0.3 is 24.8 Å². The average Bonchev–Trinajstić information content (AvgIpc) is 3.73. The number of halogens is 4. The smallest absolute Gasteiger partial charge is 1.00 e. The molecule has 0 nitrogen and oxygen atoms in total. The summed E-state index contributed by atoms with van der Waals surface area (Å²) in [5, 5.41) is 1.53. The molecule has 0 saturated heterocycles. The Kier molecular flexibility index (Phi) is 19.2. The Morgan fingerprint density at radius 1 is 0.617 bits per heavy atom. The SMILES string of the molecule is CC(C)(C)c1[c-]c2c(cc1C(C)(C)C)-c1cc(C(C)(C)C)c(C(C)(C)C)cc1C2.CCCCc1cc(C(C)(C)C)c[cH-]1.Clc1cccc([C](=[Zr+2])c2cccc(Cl)c2)c1.[Cl-].[Cl-]. The number of benzene rings is 4. The summed E-state index contributed by atoms with van der Waals surface area (Å²) in [6, 6.07) is 34.1. The summed E-state index contributed by atoms with van der Waals surface area (Å²) < 4.78 is 1.26. The summed E-state index contributed by atoms with van der Waals surface area (Å²) in [5.74, 6) is 0. The van der Waals surface area contributed by atoms with E-state index in [-0.39, 0.29) is 46.5 Å². The molecule has 324 valence electrons. The van der Waals surface area contributed by atoms with Crippen LogP contribution in [0, 0.1) is 6.07 Å². The van der Waals surface area contributed by atoms with Crippen molar-refractivity contribution in [2.75, 3.05) is 0 Å². The van der Waals surface area contributed by atoms with Crippen LogP contribution < -0.4 is 24.8 Å². The van der Waals surface area contributed by atoms with Gasteiger partial charge in [-0.05, 0) is 39.4 Å². The first-order valence-corrected chi connectivity index (χ1v) is 23.2. The van der Waals surface area contributed by atoms with Crippen molar-refractivity contribution in [1.82, 2.24) is 0 Å². The molecule has 0 aliphatic heterocycles. The van der Waals surface area contributed by atoms with Crippen molar-refractivity contribution in [3.63, 3.8) is 0 Å². The van der Waals surface area contributed by atoms with Crippen LogP contribution in [0.3, 0.4) is 0 Å². The van der Waals surface area contributed by atoms with Gasteiger partial charge in [-0.1, -0.05) is 159 Å². The Morgan fingerprint density at radius 3 is 1.52 bits per heavy atom. The summed E-state index contributed by atoms with van der Waals surface area (Å²) in [6.07, 6.45) is 4.85. The van der Waals surface area contributed by atoms with Crippen LogP contribution in [0.2, 0.25) is 10.0 Å². The first-order valence-electron chi connectivity index (χ1n) is 21.3. The van der Waals surface area contributed by atoms with E-state index in [9.17, 15) is 0 Å². The summed E-state index contributed by atoms with van der Waals surface area (Å²) >= 11 is 13.3. The zero-order chi connectivity index (χ0) is 43.6. The van der Waals surface area contributed by atoms with Gasteiger partial charge in [0.25, 0.3) is 0 Å². The molecule has 5 heteroatoms. The number of hydrogen-bond acceptors (Lipinski definition) is 0. The van der Waals surface area contributed by atoms with Gasteiger partial charge in [0, 0.05) is 0 Å². The van der Waals surface area contributed by atoms with Crippen LogP contribution in [0.4, 0.5) is 0 Å². The van der Waals surface area contributed by atoms with Gasteiger partial charge in [-0.3, -0.25) is 0 Å². The minimum Gasteiger partial charge on any atom is -1.00 e. The van der Waals surface area contributed by atoms with E-state index in [0.29, 0.717) is 5.41 Å². The van der Waals surface area contributed by atoms with Crippen molar-refractivity contribution in [2.24, 2.45) is 0 Å². The van der Waals surface area contributed by atoms with Gasteiger partial charge in [0.1, 0.15) is 0 Å². The molecular formula is C55H70Cl4Zr-2. The summed E-state index contributed by atoms with van der Waals surface area (Å²) in [4.78, 5) is 0. The molecule has 0 aromatic heterocycles. The molecule has 0 bridgehead atoms. The van der Waals surface area contributed by atoms with E-state index in [2.05, 4.69) is 165 Å². The molecule has 0 spiro atoms. The molecule has 1 aliphatic rings. The van der Waals surface area contributed by atoms with Crippen LogP contribution >= 0.6 is 23.2 Å². The van der Waals surface area contributed by atoms with Crippen LogP contribution in [0.1, 0.15) is 179 Å². The second-order valence-electron chi connectivity index (χ2n) is 21.4. The summed E-state index contributed by atoms with van der Waals surface area (Å²) in [7, 11) is 0. The van der Waals surface area contributed by atoms with E-state index < -0.39 is 0 Å². The van der Waals surface area contributed by atoms with Gasteiger partial charge in [-0.2, -0.15) is 41.0 Å². The third-order valence-electron chi connectivity index (χ3n) is 11.0. The fourth-order valence-corrected chi connectivity index (χ4v) is 8.72. The molecule has 0 atom stereocenters. The molecule has 0 N–H and O–H groups in total. The van der Waals surface area contributed by atoms with Crippen molar-refractivity contribution in [1.29, 1.82) is 0 Å².